The molecular formula is C24H19Cl2N3. The van der Waals surface area contributed by atoms with Crippen molar-refractivity contribution in [2.24, 2.45) is 0 Å². The van der Waals surface area contributed by atoms with Crippen LogP contribution in [0.25, 0.3) is 22.8 Å². The summed E-state index contributed by atoms with van der Waals surface area (Å²) in [5.74, 6) is 0.519. The second-order valence-corrected chi connectivity index (χ2v) is 8.16. The summed E-state index contributed by atoms with van der Waals surface area (Å²) in [7, 11) is 0. The molecule has 0 bridgehead atoms. The summed E-state index contributed by atoms with van der Waals surface area (Å²) in [6.07, 6.45) is 4.00. The van der Waals surface area contributed by atoms with Crippen molar-refractivity contribution >= 4 is 40.7 Å². The Balaban J connectivity index is 1.97. The lowest BCUT2D eigenvalue weighted by Gasteiger charge is -2.28. The number of hydrogen-bond donors (Lipinski definition) is 1. The second-order valence-electron chi connectivity index (χ2n) is 7.29. The van der Waals surface area contributed by atoms with Crippen LogP contribution in [-0.4, -0.2) is 4.98 Å². The highest BCUT2D eigenvalue weighted by Gasteiger charge is 2.28. The minimum Gasteiger partial charge on any atom is -0.383 e. The highest BCUT2D eigenvalue weighted by Crippen LogP contribution is 2.45. The number of aromatic nitrogens is 1. The lowest BCUT2D eigenvalue weighted by atomic mass is 9.78. The molecule has 2 aromatic carbocycles. The molecule has 0 saturated heterocycles. The van der Waals surface area contributed by atoms with Crippen molar-refractivity contribution < 1.29 is 0 Å². The first-order valence-corrected chi connectivity index (χ1v) is 10.2. The standard InChI is InChI=1S/C24H19Cl2N3/c1-14-2-5-17(12-15-3-8-18(25)9-4-15)23-21(14)22(20(13-27)24(28)29-23)16-6-10-19(26)11-7-16/h3-4,6-12,14H,2,5H2,1H3,(H2,28,29). The van der Waals surface area contributed by atoms with Crippen LogP contribution in [-0.2, 0) is 0 Å². The molecular weight excluding hydrogens is 401 g/mol. The van der Waals surface area contributed by atoms with Gasteiger partial charge in [-0.2, -0.15) is 5.26 Å². The number of benzene rings is 2. The van der Waals surface area contributed by atoms with Crippen LogP contribution in [0, 0.1) is 11.3 Å². The minimum absolute atomic E-state index is 0.257. The van der Waals surface area contributed by atoms with E-state index in [2.05, 4.69) is 24.1 Å². The van der Waals surface area contributed by atoms with Gasteiger partial charge in [0.2, 0.25) is 0 Å². The van der Waals surface area contributed by atoms with Crippen LogP contribution < -0.4 is 5.73 Å². The molecule has 0 fully saturated rings. The molecule has 4 rings (SSSR count). The number of allylic oxidation sites excluding steroid dienone is 1. The maximum absolute atomic E-state index is 9.81. The van der Waals surface area contributed by atoms with Gasteiger partial charge >= 0.3 is 0 Å². The van der Waals surface area contributed by atoms with Crippen LogP contribution in [0.15, 0.2) is 48.5 Å². The highest BCUT2D eigenvalue weighted by molar-refractivity contribution is 6.30. The van der Waals surface area contributed by atoms with Crippen molar-refractivity contribution in [2.45, 2.75) is 25.7 Å². The number of hydrogen-bond acceptors (Lipinski definition) is 3. The maximum atomic E-state index is 9.81. The summed E-state index contributed by atoms with van der Waals surface area (Å²) in [4.78, 5) is 4.67. The van der Waals surface area contributed by atoms with Gasteiger partial charge in [-0.25, -0.2) is 4.98 Å². The van der Waals surface area contributed by atoms with Crippen LogP contribution in [0.4, 0.5) is 5.82 Å². The van der Waals surface area contributed by atoms with E-state index < -0.39 is 0 Å². The van der Waals surface area contributed by atoms with Gasteiger partial charge in [-0.05, 0) is 71.4 Å². The van der Waals surface area contributed by atoms with Crippen LogP contribution >= 0.6 is 23.2 Å². The van der Waals surface area contributed by atoms with E-state index in [-0.39, 0.29) is 11.7 Å². The van der Waals surface area contributed by atoms with Gasteiger partial charge in [0.1, 0.15) is 17.5 Å². The van der Waals surface area contributed by atoms with E-state index >= 15 is 0 Å². The van der Waals surface area contributed by atoms with Gasteiger partial charge in [0.15, 0.2) is 0 Å². The molecule has 144 valence electrons. The number of nitrogens with two attached hydrogens (primary N) is 1. The molecule has 1 aliphatic rings. The predicted molar refractivity (Wildman–Crippen MR) is 121 cm³/mol. The SMILES string of the molecule is CC1CCC(=Cc2ccc(Cl)cc2)c2nc(N)c(C#N)c(-c3ccc(Cl)cc3)c21. The first-order valence-electron chi connectivity index (χ1n) is 9.44. The van der Waals surface area contributed by atoms with Crippen molar-refractivity contribution in [3.63, 3.8) is 0 Å². The average molecular weight is 420 g/mol. The molecule has 0 radical (unpaired) electrons. The molecule has 1 aliphatic carbocycles. The molecule has 0 saturated carbocycles. The number of nitrogen functional groups attached to an aromatic ring is 1. The smallest absolute Gasteiger partial charge is 0.142 e. The van der Waals surface area contributed by atoms with Crippen LogP contribution in [0.1, 0.15) is 48.1 Å². The van der Waals surface area contributed by atoms with Gasteiger partial charge in [-0.3, -0.25) is 0 Å². The Hall–Kier alpha value is -2.80. The normalized spacial score (nSPS) is 17.0. The Kier molecular flexibility index (Phi) is 5.32. The van der Waals surface area contributed by atoms with Crippen molar-refractivity contribution in [2.75, 3.05) is 5.73 Å². The van der Waals surface area contributed by atoms with Crippen LogP contribution in [0.3, 0.4) is 0 Å². The fraction of sp³-hybridized carbons (Fsp3) is 0.167. The minimum atomic E-state index is 0.257. The number of nitriles is 1. The highest BCUT2D eigenvalue weighted by atomic mass is 35.5. The summed E-state index contributed by atoms with van der Waals surface area (Å²) in [5, 5.41) is 11.2. The summed E-state index contributed by atoms with van der Waals surface area (Å²) in [6.45, 7) is 2.18. The quantitative estimate of drug-likeness (QED) is 0.488. The number of pyridine rings is 1. The third-order valence-electron chi connectivity index (χ3n) is 5.36. The van der Waals surface area contributed by atoms with Crippen molar-refractivity contribution in [3.05, 3.63) is 81.0 Å². The molecule has 0 aliphatic heterocycles. The number of rotatable bonds is 2. The monoisotopic (exact) mass is 419 g/mol. The zero-order valence-electron chi connectivity index (χ0n) is 15.9. The molecule has 3 nitrogen and oxygen atoms in total. The number of anilines is 1. The fourth-order valence-corrected chi connectivity index (χ4v) is 4.16. The summed E-state index contributed by atoms with van der Waals surface area (Å²) >= 11 is 12.1. The lowest BCUT2D eigenvalue weighted by molar-refractivity contribution is 0.671. The van der Waals surface area contributed by atoms with E-state index in [1.165, 1.54) is 0 Å². The first kappa shape index (κ1) is 19.5. The summed E-state index contributed by atoms with van der Waals surface area (Å²) < 4.78 is 0. The van der Waals surface area contributed by atoms with E-state index in [1.807, 2.05) is 48.5 Å². The van der Waals surface area contributed by atoms with Gasteiger partial charge in [-0.1, -0.05) is 54.4 Å². The molecule has 1 unspecified atom stereocenters. The van der Waals surface area contributed by atoms with Crippen molar-refractivity contribution in [1.29, 1.82) is 5.26 Å². The maximum Gasteiger partial charge on any atom is 0.142 e. The zero-order valence-corrected chi connectivity index (χ0v) is 17.4. The average Bonchev–Trinajstić information content (AvgIpc) is 2.71. The van der Waals surface area contributed by atoms with E-state index in [9.17, 15) is 5.26 Å². The molecule has 2 N–H and O–H groups in total. The van der Waals surface area contributed by atoms with Gasteiger partial charge in [0.25, 0.3) is 0 Å². The Morgan fingerprint density at radius 2 is 1.69 bits per heavy atom. The van der Waals surface area contributed by atoms with E-state index in [1.54, 1.807) is 0 Å². The fourth-order valence-electron chi connectivity index (χ4n) is 3.91. The van der Waals surface area contributed by atoms with Gasteiger partial charge < -0.3 is 5.73 Å². The Morgan fingerprint density at radius 1 is 1.07 bits per heavy atom. The molecule has 1 atom stereocenters. The zero-order chi connectivity index (χ0) is 20.5. The Morgan fingerprint density at radius 3 is 2.31 bits per heavy atom. The van der Waals surface area contributed by atoms with Gasteiger partial charge in [0, 0.05) is 15.6 Å². The van der Waals surface area contributed by atoms with E-state index in [4.69, 9.17) is 28.9 Å². The Bertz CT molecular complexity index is 1140. The molecule has 0 spiro atoms. The van der Waals surface area contributed by atoms with Crippen LogP contribution in [0.2, 0.25) is 10.0 Å². The van der Waals surface area contributed by atoms with E-state index in [0.717, 1.165) is 46.4 Å². The second kappa shape index (κ2) is 7.91. The molecule has 29 heavy (non-hydrogen) atoms. The third-order valence-corrected chi connectivity index (χ3v) is 5.87. The van der Waals surface area contributed by atoms with Gasteiger partial charge in [-0.15, -0.1) is 0 Å². The summed E-state index contributed by atoms with van der Waals surface area (Å²) in [6, 6.07) is 17.5. The number of halogens is 2. The molecule has 3 aromatic rings. The van der Waals surface area contributed by atoms with Crippen molar-refractivity contribution in [3.8, 4) is 17.2 Å². The number of nitrogens with zero attached hydrogens (tertiary/aromatic N) is 2. The van der Waals surface area contributed by atoms with Crippen molar-refractivity contribution in [1.82, 2.24) is 4.98 Å². The van der Waals surface area contributed by atoms with Crippen LogP contribution in [0.5, 0.6) is 0 Å². The molecule has 0 amide bonds. The molecule has 1 heterocycles. The largest absolute Gasteiger partial charge is 0.383 e. The lowest BCUT2D eigenvalue weighted by Crippen LogP contribution is -2.14. The first-order chi connectivity index (χ1) is 14.0. The molecule has 5 heteroatoms. The topological polar surface area (TPSA) is 62.7 Å². The molecule has 1 aromatic heterocycles. The third kappa shape index (κ3) is 3.74. The number of fused-ring (bicyclic) bond motifs is 1. The van der Waals surface area contributed by atoms with Gasteiger partial charge in [0.05, 0.1) is 5.69 Å². The van der Waals surface area contributed by atoms with E-state index in [0.29, 0.717) is 15.6 Å². The predicted octanol–water partition coefficient (Wildman–Crippen LogP) is 6.95. The summed E-state index contributed by atoms with van der Waals surface area (Å²) in [5.41, 5.74) is 12.6. The Labute approximate surface area is 180 Å².